The van der Waals surface area contributed by atoms with Crippen LogP contribution in [0.25, 0.3) is 0 Å². The third kappa shape index (κ3) is 2.60. The van der Waals surface area contributed by atoms with Gasteiger partial charge in [0.25, 0.3) is 0 Å². The summed E-state index contributed by atoms with van der Waals surface area (Å²) in [5, 5.41) is 4.63. The molecule has 0 radical (unpaired) electrons. The van der Waals surface area contributed by atoms with Crippen molar-refractivity contribution in [3.05, 3.63) is 50.2 Å². The fraction of sp³-hybridized carbons (Fsp3) is 0.400. The van der Waals surface area contributed by atoms with E-state index in [9.17, 15) is 4.39 Å². The highest BCUT2D eigenvalue weighted by Gasteiger charge is 2.23. The molecule has 2 nitrogen and oxygen atoms in total. The SMILES string of the molecule is CCNC(c1ccc(F)c(Cl)c1)c1nc2c(s1)CCC2. The molecule has 1 atom stereocenters. The maximum Gasteiger partial charge on any atom is 0.141 e. The zero-order valence-electron chi connectivity index (χ0n) is 11.2. The molecule has 0 saturated carbocycles. The van der Waals surface area contributed by atoms with Crippen molar-refractivity contribution in [3.63, 3.8) is 0 Å². The lowest BCUT2D eigenvalue weighted by Crippen LogP contribution is -2.22. The lowest BCUT2D eigenvalue weighted by Gasteiger charge is -2.16. The van der Waals surface area contributed by atoms with E-state index in [0.717, 1.165) is 30.0 Å². The van der Waals surface area contributed by atoms with Gasteiger partial charge in [-0.15, -0.1) is 11.3 Å². The van der Waals surface area contributed by atoms with Crippen LogP contribution in [0.3, 0.4) is 0 Å². The highest BCUT2D eigenvalue weighted by Crippen LogP contribution is 2.34. The van der Waals surface area contributed by atoms with Gasteiger partial charge in [0.2, 0.25) is 0 Å². The second kappa shape index (κ2) is 5.80. The second-order valence-corrected chi connectivity index (χ2v) is 6.46. The summed E-state index contributed by atoms with van der Waals surface area (Å²) in [6.07, 6.45) is 3.42. The number of nitrogens with zero attached hydrogens (tertiary/aromatic N) is 1. The van der Waals surface area contributed by atoms with Crippen LogP contribution in [0, 0.1) is 5.82 Å². The Morgan fingerprint density at radius 1 is 1.45 bits per heavy atom. The summed E-state index contributed by atoms with van der Waals surface area (Å²) in [4.78, 5) is 6.16. The summed E-state index contributed by atoms with van der Waals surface area (Å²) in [6, 6.07) is 4.88. The summed E-state index contributed by atoms with van der Waals surface area (Å²) in [5.41, 5.74) is 2.20. The summed E-state index contributed by atoms with van der Waals surface area (Å²) in [5.74, 6) is -0.382. The first-order valence-corrected chi connectivity index (χ1v) is 8.05. The minimum atomic E-state index is -0.382. The normalized spacial score (nSPS) is 15.3. The summed E-state index contributed by atoms with van der Waals surface area (Å²) >= 11 is 7.67. The number of halogens is 2. The van der Waals surface area contributed by atoms with Crippen molar-refractivity contribution in [1.82, 2.24) is 10.3 Å². The smallest absolute Gasteiger partial charge is 0.141 e. The van der Waals surface area contributed by atoms with Crippen LogP contribution in [0.4, 0.5) is 4.39 Å². The van der Waals surface area contributed by atoms with E-state index >= 15 is 0 Å². The van der Waals surface area contributed by atoms with Gasteiger partial charge in [-0.3, -0.25) is 0 Å². The van der Waals surface area contributed by atoms with Gasteiger partial charge in [-0.25, -0.2) is 9.37 Å². The van der Waals surface area contributed by atoms with Crippen LogP contribution in [0.2, 0.25) is 5.02 Å². The summed E-state index contributed by atoms with van der Waals surface area (Å²) < 4.78 is 13.3. The molecule has 20 heavy (non-hydrogen) atoms. The van der Waals surface area contributed by atoms with Gasteiger partial charge in [0, 0.05) is 4.88 Å². The van der Waals surface area contributed by atoms with Crippen molar-refractivity contribution in [2.24, 2.45) is 0 Å². The van der Waals surface area contributed by atoms with Gasteiger partial charge in [-0.05, 0) is 43.5 Å². The van der Waals surface area contributed by atoms with Gasteiger partial charge >= 0.3 is 0 Å². The Morgan fingerprint density at radius 3 is 3.00 bits per heavy atom. The van der Waals surface area contributed by atoms with Crippen molar-refractivity contribution >= 4 is 22.9 Å². The monoisotopic (exact) mass is 310 g/mol. The van der Waals surface area contributed by atoms with Crippen LogP contribution >= 0.6 is 22.9 Å². The molecule has 1 aliphatic rings. The summed E-state index contributed by atoms with van der Waals surface area (Å²) in [7, 11) is 0. The van der Waals surface area contributed by atoms with Crippen molar-refractivity contribution < 1.29 is 4.39 Å². The van der Waals surface area contributed by atoms with E-state index in [4.69, 9.17) is 16.6 Å². The number of nitrogens with one attached hydrogen (secondary N) is 1. The quantitative estimate of drug-likeness (QED) is 0.918. The van der Waals surface area contributed by atoms with Gasteiger partial charge in [0.05, 0.1) is 16.8 Å². The number of hydrogen-bond donors (Lipinski definition) is 1. The van der Waals surface area contributed by atoms with E-state index in [2.05, 4.69) is 12.2 Å². The molecule has 0 aliphatic heterocycles. The molecule has 1 N–H and O–H groups in total. The van der Waals surface area contributed by atoms with E-state index in [1.165, 1.54) is 23.1 Å². The fourth-order valence-electron chi connectivity index (χ4n) is 2.58. The molecule has 1 aromatic heterocycles. The van der Waals surface area contributed by atoms with Crippen molar-refractivity contribution in [2.45, 2.75) is 32.2 Å². The number of rotatable bonds is 4. The molecule has 0 spiro atoms. The number of aryl methyl sites for hydroxylation is 2. The van der Waals surface area contributed by atoms with Crippen LogP contribution in [-0.4, -0.2) is 11.5 Å². The molecule has 5 heteroatoms. The van der Waals surface area contributed by atoms with Crippen molar-refractivity contribution in [3.8, 4) is 0 Å². The minimum Gasteiger partial charge on any atom is -0.305 e. The molecule has 1 heterocycles. The van der Waals surface area contributed by atoms with E-state index in [1.807, 2.05) is 0 Å². The molecule has 1 aromatic carbocycles. The highest BCUT2D eigenvalue weighted by molar-refractivity contribution is 7.11. The molecule has 0 saturated heterocycles. The molecule has 1 unspecified atom stereocenters. The Kier molecular flexibility index (Phi) is 4.06. The van der Waals surface area contributed by atoms with Gasteiger partial charge in [-0.2, -0.15) is 0 Å². The molecule has 106 valence electrons. The molecule has 1 aliphatic carbocycles. The standard InChI is InChI=1S/C15H16ClFN2S/c1-2-18-14(9-6-7-11(17)10(16)8-9)15-19-12-4-3-5-13(12)20-15/h6-8,14,18H,2-5H2,1H3. The second-order valence-electron chi connectivity index (χ2n) is 4.94. The first-order valence-electron chi connectivity index (χ1n) is 6.86. The van der Waals surface area contributed by atoms with Crippen LogP contribution in [0.15, 0.2) is 18.2 Å². The van der Waals surface area contributed by atoms with Gasteiger partial charge in [0.15, 0.2) is 0 Å². The predicted molar refractivity (Wildman–Crippen MR) is 81.1 cm³/mol. The zero-order chi connectivity index (χ0) is 14.1. The zero-order valence-corrected chi connectivity index (χ0v) is 12.8. The average Bonchev–Trinajstić information content (AvgIpc) is 3.00. The predicted octanol–water partition coefficient (Wildman–Crippen LogP) is 4.12. The molecular weight excluding hydrogens is 295 g/mol. The minimum absolute atomic E-state index is 0.00583. The molecule has 3 rings (SSSR count). The van der Waals surface area contributed by atoms with Gasteiger partial charge < -0.3 is 5.32 Å². The van der Waals surface area contributed by atoms with Crippen molar-refractivity contribution in [1.29, 1.82) is 0 Å². The molecule has 2 aromatic rings. The summed E-state index contributed by atoms with van der Waals surface area (Å²) in [6.45, 7) is 2.88. The van der Waals surface area contributed by atoms with Crippen molar-refractivity contribution in [2.75, 3.05) is 6.54 Å². The van der Waals surface area contributed by atoms with E-state index in [-0.39, 0.29) is 16.9 Å². The van der Waals surface area contributed by atoms with E-state index < -0.39 is 0 Å². The molecule has 0 fully saturated rings. The van der Waals surface area contributed by atoms with Gasteiger partial charge in [-0.1, -0.05) is 24.6 Å². The van der Waals surface area contributed by atoms with Crippen LogP contribution in [-0.2, 0) is 12.8 Å². The number of hydrogen-bond acceptors (Lipinski definition) is 3. The Balaban J connectivity index is 1.96. The first kappa shape index (κ1) is 14.0. The van der Waals surface area contributed by atoms with Crippen LogP contribution < -0.4 is 5.32 Å². The largest absolute Gasteiger partial charge is 0.305 e. The van der Waals surface area contributed by atoms with E-state index in [0.29, 0.717) is 0 Å². The molecular formula is C15H16ClFN2S. The van der Waals surface area contributed by atoms with Crippen LogP contribution in [0.1, 0.15) is 40.5 Å². The maximum atomic E-state index is 13.3. The van der Waals surface area contributed by atoms with Gasteiger partial charge in [0.1, 0.15) is 10.8 Å². The molecule has 0 bridgehead atoms. The topological polar surface area (TPSA) is 24.9 Å². The lowest BCUT2D eigenvalue weighted by molar-refractivity contribution is 0.611. The number of aromatic nitrogens is 1. The van der Waals surface area contributed by atoms with Crippen LogP contribution in [0.5, 0.6) is 0 Å². The third-order valence-electron chi connectivity index (χ3n) is 3.54. The molecule has 0 amide bonds. The number of thiazole rings is 1. The first-order chi connectivity index (χ1) is 9.69. The average molecular weight is 311 g/mol. The fourth-order valence-corrected chi connectivity index (χ4v) is 4.02. The Hall–Kier alpha value is -0.970. The Labute approximate surface area is 127 Å². The number of benzene rings is 1. The highest BCUT2D eigenvalue weighted by atomic mass is 35.5. The maximum absolute atomic E-state index is 13.3. The Bertz CT molecular complexity index is 605. The number of fused-ring (bicyclic) bond motifs is 1. The lowest BCUT2D eigenvalue weighted by atomic mass is 10.1. The van der Waals surface area contributed by atoms with E-state index in [1.54, 1.807) is 23.5 Å². The third-order valence-corrected chi connectivity index (χ3v) is 5.06. The Morgan fingerprint density at radius 2 is 2.30 bits per heavy atom.